The number of thiophene rings is 1. The Bertz CT molecular complexity index is 975. The Labute approximate surface area is 182 Å². The molecule has 5 rings (SSSR count). The molecule has 1 saturated heterocycles. The van der Waals surface area contributed by atoms with Crippen LogP contribution in [0.25, 0.3) is 6.08 Å². The molecule has 1 aliphatic carbocycles. The van der Waals surface area contributed by atoms with Gasteiger partial charge in [-0.25, -0.2) is 5.43 Å². The van der Waals surface area contributed by atoms with Gasteiger partial charge in [-0.05, 0) is 106 Å². The highest BCUT2D eigenvalue weighted by Crippen LogP contribution is 2.45. The molecule has 6 heteroatoms. The zero-order valence-electron chi connectivity index (χ0n) is 17.7. The van der Waals surface area contributed by atoms with Gasteiger partial charge in [0.15, 0.2) is 0 Å². The summed E-state index contributed by atoms with van der Waals surface area (Å²) in [5.74, 6) is 0.529. The van der Waals surface area contributed by atoms with E-state index in [2.05, 4.69) is 27.3 Å². The molecule has 1 saturated carbocycles. The number of unbranched alkanes of at least 4 members (excludes halogenated alkanes) is 1. The molecule has 0 unspecified atom stereocenters. The topological polar surface area (TPSA) is 60.5 Å². The summed E-state index contributed by atoms with van der Waals surface area (Å²) < 4.78 is 0. The number of carbonyl (C=O) groups excluding carboxylic acids is 1. The summed E-state index contributed by atoms with van der Waals surface area (Å²) in [5, 5.41) is 6.32. The third-order valence-electron chi connectivity index (χ3n) is 6.54. The number of H-pyrrole nitrogens is 1. The van der Waals surface area contributed by atoms with E-state index < -0.39 is 0 Å². The number of nitrogens with zero attached hydrogens (tertiary/aromatic N) is 2. The van der Waals surface area contributed by atoms with Gasteiger partial charge in [0.2, 0.25) is 0 Å². The minimum atomic E-state index is -0.112. The molecule has 2 fully saturated rings. The monoisotopic (exact) mass is 422 g/mol. The summed E-state index contributed by atoms with van der Waals surface area (Å²) in [6.07, 6.45) is 10.9. The lowest BCUT2D eigenvalue weighted by molar-refractivity contribution is -0.116. The van der Waals surface area contributed by atoms with Crippen LogP contribution in [0.1, 0.15) is 71.8 Å². The molecular formula is C24H30N4OS. The number of aryl methyl sites for hydroxylation is 1. The highest BCUT2D eigenvalue weighted by molar-refractivity contribution is 7.12. The van der Waals surface area contributed by atoms with Crippen LogP contribution in [0, 0.1) is 6.92 Å². The Kier molecular flexibility index (Phi) is 5.61. The van der Waals surface area contributed by atoms with Gasteiger partial charge in [0.1, 0.15) is 5.71 Å². The smallest absolute Gasteiger partial charge is 0.273 e. The first kappa shape index (κ1) is 19.8. The van der Waals surface area contributed by atoms with Crippen LogP contribution >= 0.6 is 11.3 Å². The van der Waals surface area contributed by atoms with Crippen molar-refractivity contribution < 1.29 is 4.79 Å². The minimum Gasteiger partial charge on any atom is -0.359 e. The van der Waals surface area contributed by atoms with Crippen LogP contribution < -0.4 is 5.43 Å². The van der Waals surface area contributed by atoms with Gasteiger partial charge < -0.3 is 9.88 Å². The molecule has 0 radical (unpaired) electrons. The second-order valence-corrected chi connectivity index (χ2v) is 9.72. The predicted molar refractivity (Wildman–Crippen MR) is 123 cm³/mol. The Hall–Kier alpha value is -2.18. The van der Waals surface area contributed by atoms with Gasteiger partial charge in [-0.1, -0.05) is 6.07 Å². The van der Waals surface area contributed by atoms with Crippen LogP contribution in [0.3, 0.4) is 0 Å². The second-order valence-electron chi connectivity index (χ2n) is 8.77. The molecule has 3 aliphatic rings. The molecular weight excluding hydrogens is 392 g/mol. The molecule has 2 aliphatic heterocycles. The van der Waals surface area contributed by atoms with Crippen molar-refractivity contribution in [3.8, 4) is 0 Å². The predicted octanol–water partition coefficient (Wildman–Crippen LogP) is 4.60. The van der Waals surface area contributed by atoms with Crippen LogP contribution in [0.4, 0.5) is 0 Å². The third-order valence-corrected chi connectivity index (χ3v) is 7.41. The van der Waals surface area contributed by atoms with Crippen molar-refractivity contribution in [1.29, 1.82) is 0 Å². The maximum absolute atomic E-state index is 12.5. The SMILES string of the molecule is Cc1[nH]c(C=C2C(=O)NN=C2c2cccs2)c(C2CC2)c1CCCCN1CCCC1. The Balaban J connectivity index is 1.36. The van der Waals surface area contributed by atoms with E-state index in [-0.39, 0.29) is 5.91 Å². The molecule has 30 heavy (non-hydrogen) atoms. The summed E-state index contributed by atoms with van der Waals surface area (Å²) in [6, 6.07) is 4.02. The highest BCUT2D eigenvalue weighted by atomic mass is 32.1. The van der Waals surface area contributed by atoms with E-state index in [9.17, 15) is 4.79 Å². The Morgan fingerprint density at radius 1 is 1.27 bits per heavy atom. The molecule has 0 bridgehead atoms. The summed E-state index contributed by atoms with van der Waals surface area (Å²) in [6.45, 7) is 5.99. The summed E-state index contributed by atoms with van der Waals surface area (Å²) in [5.41, 5.74) is 9.39. The number of hydrogen-bond donors (Lipinski definition) is 2. The lowest BCUT2D eigenvalue weighted by atomic mass is 9.97. The number of rotatable bonds is 8. The van der Waals surface area contributed by atoms with Gasteiger partial charge in [0.05, 0.1) is 10.5 Å². The van der Waals surface area contributed by atoms with Crippen molar-refractivity contribution >= 4 is 29.0 Å². The fourth-order valence-electron chi connectivity index (χ4n) is 4.84. The van der Waals surface area contributed by atoms with Gasteiger partial charge in [-0.15, -0.1) is 11.3 Å². The van der Waals surface area contributed by atoms with Crippen molar-refractivity contribution in [3.63, 3.8) is 0 Å². The van der Waals surface area contributed by atoms with E-state index in [0.29, 0.717) is 11.5 Å². The first-order valence-electron chi connectivity index (χ1n) is 11.3. The number of aromatic nitrogens is 1. The number of nitrogens with one attached hydrogen (secondary N) is 2. The largest absolute Gasteiger partial charge is 0.359 e. The van der Waals surface area contributed by atoms with E-state index in [1.807, 2.05) is 23.6 Å². The summed E-state index contributed by atoms with van der Waals surface area (Å²) >= 11 is 1.61. The minimum absolute atomic E-state index is 0.112. The Morgan fingerprint density at radius 3 is 2.83 bits per heavy atom. The molecule has 1 amide bonds. The first-order valence-corrected chi connectivity index (χ1v) is 12.2. The van der Waals surface area contributed by atoms with Crippen LogP contribution in [0.5, 0.6) is 0 Å². The molecule has 0 spiro atoms. The molecule has 0 atom stereocenters. The van der Waals surface area contributed by atoms with Gasteiger partial charge in [0.25, 0.3) is 5.91 Å². The average molecular weight is 423 g/mol. The molecule has 4 heterocycles. The van der Waals surface area contributed by atoms with Crippen LogP contribution in [-0.2, 0) is 11.2 Å². The van der Waals surface area contributed by atoms with Gasteiger partial charge >= 0.3 is 0 Å². The van der Waals surface area contributed by atoms with E-state index >= 15 is 0 Å². The summed E-state index contributed by atoms with van der Waals surface area (Å²) in [7, 11) is 0. The standard InChI is InChI=1S/C24H30N4OS/c1-16-18(7-2-3-11-28-12-4-5-13-28)22(17-9-10-17)20(25-16)15-19-23(26-27-24(19)29)21-8-6-14-30-21/h6,8,14-15,17,25H,2-5,7,9-13H2,1H3,(H,27,29). The van der Waals surface area contributed by atoms with E-state index in [1.54, 1.807) is 11.3 Å². The second kappa shape index (κ2) is 8.52. The van der Waals surface area contributed by atoms with E-state index in [4.69, 9.17) is 0 Å². The van der Waals surface area contributed by atoms with Gasteiger partial charge in [-0.3, -0.25) is 4.79 Å². The molecule has 2 N–H and O–H groups in total. The molecule has 2 aromatic heterocycles. The number of aromatic amines is 1. The quantitative estimate of drug-likeness (QED) is 0.482. The normalized spacial score (nSPS) is 20.9. The number of hydrogen-bond acceptors (Lipinski definition) is 4. The van der Waals surface area contributed by atoms with Crippen molar-refractivity contribution in [1.82, 2.24) is 15.3 Å². The number of hydrazone groups is 1. The fourth-order valence-corrected chi connectivity index (χ4v) is 5.57. The van der Waals surface area contributed by atoms with E-state index in [0.717, 1.165) is 22.7 Å². The fraction of sp³-hybridized carbons (Fsp3) is 0.500. The molecule has 5 nitrogen and oxygen atoms in total. The van der Waals surface area contributed by atoms with Crippen LogP contribution in [0.15, 0.2) is 28.2 Å². The maximum Gasteiger partial charge on any atom is 0.273 e. The van der Waals surface area contributed by atoms with Crippen molar-refractivity contribution in [2.24, 2.45) is 5.10 Å². The van der Waals surface area contributed by atoms with Crippen molar-refractivity contribution in [2.75, 3.05) is 19.6 Å². The summed E-state index contributed by atoms with van der Waals surface area (Å²) in [4.78, 5) is 19.7. The zero-order chi connectivity index (χ0) is 20.5. The van der Waals surface area contributed by atoms with E-state index in [1.165, 1.54) is 75.0 Å². The maximum atomic E-state index is 12.5. The third kappa shape index (κ3) is 4.03. The number of amides is 1. The Morgan fingerprint density at radius 2 is 2.10 bits per heavy atom. The first-order chi connectivity index (χ1) is 14.7. The van der Waals surface area contributed by atoms with Gasteiger partial charge in [-0.2, -0.15) is 5.10 Å². The zero-order valence-corrected chi connectivity index (χ0v) is 18.5. The molecule has 0 aromatic carbocycles. The number of likely N-dealkylation sites (tertiary alicyclic amines) is 1. The molecule has 2 aromatic rings. The lowest BCUT2D eigenvalue weighted by Gasteiger charge is -2.14. The van der Waals surface area contributed by atoms with Gasteiger partial charge in [0, 0.05) is 11.4 Å². The average Bonchev–Trinajstić information content (AvgIpc) is 3.14. The lowest BCUT2D eigenvalue weighted by Crippen LogP contribution is -2.20. The van der Waals surface area contributed by atoms with Crippen LogP contribution in [0.2, 0.25) is 0 Å². The van der Waals surface area contributed by atoms with Crippen molar-refractivity contribution in [3.05, 3.63) is 50.5 Å². The van der Waals surface area contributed by atoms with Crippen LogP contribution in [-0.4, -0.2) is 41.1 Å². The van der Waals surface area contributed by atoms with Crippen molar-refractivity contribution in [2.45, 2.75) is 57.8 Å². The molecule has 158 valence electrons. The number of carbonyl (C=O) groups is 1. The highest BCUT2D eigenvalue weighted by Gasteiger charge is 2.32.